The zero-order chi connectivity index (χ0) is 16.2. The van der Waals surface area contributed by atoms with Gasteiger partial charge in [-0.15, -0.1) is 12.4 Å². The maximum atomic E-state index is 12.6. The Hall–Kier alpha value is -1.26. The topological polar surface area (TPSA) is 23.6 Å². The zero-order valence-corrected chi connectivity index (χ0v) is 15.4. The lowest BCUT2D eigenvalue weighted by atomic mass is 10.1. The number of nitrogens with zero attached hydrogens (tertiary/aromatic N) is 2. The van der Waals surface area contributed by atoms with E-state index in [1.807, 2.05) is 11.0 Å². The SMILES string of the molecule is Cl.O=C(c1ccc(Cl)cc1Cl)N1CCN(Cc2ccccc2)CC1. The van der Waals surface area contributed by atoms with Crippen molar-refractivity contribution >= 4 is 41.5 Å². The van der Waals surface area contributed by atoms with Crippen LogP contribution in [0.25, 0.3) is 0 Å². The van der Waals surface area contributed by atoms with Crippen molar-refractivity contribution in [2.45, 2.75) is 6.54 Å². The Kier molecular flexibility index (Phi) is 6.93. The molecule has 2 aromatic rings. The van der Waals surface area contributed by atoms with E-state index in [0.717, 1.165) is 19.6 Å². The first-order valence-corrected chi connectivity index (χ1v) is 8.40. The summed E-state index contributed by atoms with van der Waals surface area (Å²) in [6.45, 7) is 4.08. The van der Waals surface area contributed by atoms with Gasteiger partial charge in [-0.05, 0) is 23.8 Å². The first-order chi connectivity index (χ1) is 11.1. The molecule has 0 aromatic heterocycles. The Morgan fingerprint density at radius 3 is 2.25 bits per heavy atom. The van der Waals surface area contributed by atoms with Crippen LogP contribution in [0.1, 0.15) is 15.9 Å². The highest BCUT2D eigenvalue weighted by Gasteiger charge is 2.23. The van der Waals surface area contributed by atoms with Gasteiger partial charge < -0.3 is 4.90 Å². The predicted octanol–water partition coefficient (Wildman–Crippen LogP) is 4.37. The maximum absolute atomic E-state index is 12.6. The monoisotopic (exact) mass is 384 g/mol. The fourth-order valence-corrected chi connectivity index (χ4v) is 3.27. The Bertz CT molecular complexity index is 686. The third kappa shape index (κ3) is 4.64. The van der Waals surface area contributed by atoms with Crippen LogP contribution in [0.4, 0.5) is 0 Å². The van der Waals surface area contributed by atoms with E-state index >= 15 is 0 Å². The highest BCUT2D eigenvalue weighted by atomic mass is 35.5. The summed E-state index contributed by atoms with van der Waals surface area (Å²) < 4.78 is 0. The van der Waals surface area contributed by atoms with Crippen LogP contribution >= 0.6 is 35.6 Å². The van der Waals surface area contributed by atoms with Gasteiger partial charge in [0, 0.05) is 37.7 Å². The molecular weight excluding hydrogens is 367 g/mol. The number of hydrogen-bond acceptors (Lipinski definition) is 2. The van der Waals surface area contributed by atoms with Crippen molar-refractivity contribution in [1.29, 1.82) is 0 Å². The van der Waals surface area contributed by atoms with Crippen LogP contribution in [-0.2, 0) is 6.54 Å². The van der Waals surface area contributed by atoms with E-state index in [9.17, 15) is 4.79 Å². The van der Waals surface area contributed by atoms with Gasteiger partial charge in [0.1, 0.15) is 0 Å². The lowest BCUT2D eigenvalue weighted by Gasteiger charge is -2.35. The molecule has 0 bridgehead atoms. The fraction of sp³-hybridized carbons (Fsp3) is 0.278. The van der Waals surface area contributed by atoms with Crippen molar-refractivity contribution in [3.8, 4) is 0 Å². The minimum absolute atomic E-state index is 0. The van der Waals surface area contributed by atoms with E-state index in [4.69, 9.17) is 23.2 Å². The standard InChI is InChI=1S/C18H18Cl2N2O.ClH/c19-15-6-7-16(17(20)12-15)18(23)22-10-8-21(9-11-22)13-14-4-2-1-3-5-14;/h1-7,12H,8-11,13H2;1H. The molecule has 0 unspecified atom stereocenters. The first kappa shape index (κ1) is 19.1. The molecule has 0 aliphatic carbocycles. The van der Waals surface area contributed by atoms with Crippen molar-refractivity contribution in [3.05, 3.63) is 69.7 Å². The van der Waals surface area contributed by atoms with E-state index < -0.39 is 0 Å². The minimum atomic E-state index is -0.0222. The summed E-state index contributed by atoms with van der Waals surface area (Å²) in [7, 11) is 0. The van der Waals surface area contributed by atoms with Gasteiger partial charge in [-0.2, -0.15) is 0 Å². The fourth-order valence-electron chi connectivity index (χ4n) is 2.78. The smallest absolute Gasteiger partial charge is 0.255 e. The van der Waals surface area contributed by atoms with Crippen LogP contribution in [0.3, 0.4) is 0 Å². The summed E-state index contributed by atoms with van der Waals surface area (Å²) in [5, 5.41) is 0.952. The predicted molar refractivity (Wildman–Crippen MR) is 101 cm³/mol. The van der Waals surface area contributed by atoms with Crippen molar-refractivity contribution in [1.82, 2.24) is 9.80 Å². The molecule has 24 heavy (non-hydrogen) atoms. The van der Waals surface area contributed by atoms with E-state index in [1.54, 1.807) is 18.2 Å². The molecule has 3 rings (SSSR count). The Balaban J connectivity index is 0.00000208. The molecule has 0 saturated carbocycles. The average molecular weight is 386 g/mol. The van der Waals surface area contributed by atoms with Crippen LogP contribution < -0.4 is 0 Å². The van der Waals surface area contributed by atoms with Gasteiger partial charge in [-0.1, -0.05) is 53.5 Å². The molecule has 1 amide bonds. The van der Waals surface area contributed by atoms with Crippen LogP contribution in [0.5, 0.6) is 0 Å². The normalized spacial score (nSPS) is 15.0. The highest BCUT2D eigenvalue weighted by molar-refractivity contribution is 6.36. The highest BCUT2D eigenvalue weighted by Crippen LogP contribution is 2.23. The summed E-state index contributed by atoms with van der Waals surface area (Å²) in [6.07, 6.45) is 0. The van der Waals surface area contributed by atoms with Gasteiger partial charge in [0.2, 0.25) is 0 Å². The van der Waals surface area contributed by atoms with E-state index in [2.05, 4.69) is 29.2 Å². The molecule has 0 N–H and O–H groups in total. The van der Waals surface area contributed by atoms with Crippen LogP contribution in [-0.4, -0.2) is 41.9 Å². The molecule has 3 nitrogen and oxygen atoms in total. The van der Waals surface area contributed by atoms with Crippen molar-refractivity contribution in [2.24, 2.45) is 0 Å². The quantitative estimate of drug-likeness (QED) is 0.783. The van der Waals surface area contributed by atoms with Crippen molar-refractivity contribution in [2.75, 3.05) is 26.2 Å². The largest absolute Gasteiger partial charge is 0.336 e. The summed E-state index contributed by atoms with van der Waals surface area (Å²) in [4.78, 5) is 16.8. The van der Waals surface area contributed by atoms with Gasteiger partial charge in [0.15, 0.2) is 0 Å². The lowest BCUT2D eigenvalue weighted by molar-refractivity contribution is 0.0628. The second kappa shape index (κ2) is 8.72. The summed E-state index contributed by atoms with van der Waals surface area (Å²) in [5.41, 5.74) is 1.82. The van der Waals surface area contributed by atoms with E-state index in [1.165, 1.54) is 5.56 Å². The summed E-state index contributed by atoms with van der Waals surface area (Å²) in [6, 6.07) is 15.4. The van der Waals surface area contributed by atoms with Crippen LogP contribution in [0.2, 0.25) is 10.0 Å². The molecule has 2 aromatic carbocycles. The molecule has 1 fully saturated rings. The zero-order valence-electron chi connectivity index (χ0n) is 13.1. The number of benzene rings is 2. The second-order valence-corrected chi connectivity index (χ2v) is 6.52. The average Bonchev–Trinajstić information content (AvgIpc) is 2.56. The number of amides is 1. The second-order valence-electron chi connectivity index (χ2n) is 5.68. The number of rotatable bonds is 3. The molecular formula is C18H19Cl3N2O. The van der Waals surface area contributed by atoms with Crippen LogP contribution in [0, 0.1) is 0 Å². The molecule has 1 heterocycles. The first-order valence-electron chi connectivity index (χ1n) is 7.64. The van der Waals surface area contributed by atoms with Gasteiger partial charge in [0.05, 0.1) is 10.6 Å². The van der Waals surface area contributed by atoms with Crippen molar-refractivity contribution in [3.63, 3.8) is 0 Å². The van der Waals surface area contributed by atoms with E-state index in [0.29, 0.717) is 28.7 Å². The van der Waals surface area contributed by atoms with E-state index in [-0.39, 0.29) is 18.3 Å². The Labute approximate surface area is 158 Å². The molecule has 128 valence electrons. The van der Waals surface area contributed by atoms with Crippen molar-refractivity contribution < 1.29 is 4.79 Å². The Morgan fingerprint density at radius 2 is 1.62 bits per heavy atom. The molecule has 0 atom stereocenters. The minimum Gasteiger partial charge on any atom is -0.336 e. The number of carbonyl (C=O) groups excluding carboxylic acids is 1. The summed E-state index contributed by atoms with van der Waals surface area (Å²) in [5.74, 6) is -0.0222. The van der Waals surface area contributed by atoms with Gasteiger partial charge >= 0.3 is 0 Å². The molecule has 1 aliphatic rings. The number of carbonyl (C=O) groups is 1. The molecule has 1 aliphatic heterocycles. The van der Waals surface area contributed by atoms with Crippen LogP contribution in [0.15, 0.2) is 48.5 Å². The molecule has 6 heteroatoms. The third-order valence-electron chi connectivity index (χ3n) is 4.07. The number of halogens is 3. The maximum Gasteiger partial charge on any atom is 0.255 e. The summed E-state index contributed by atoms with van der Waals surface area (Å²) >= 11 is 12.0. The lowest BCUT2D eigenvalue weighted by Crippen LogP contribution is -2.48. The molecule has 0 radical (unpaired) electrons. The van der Waals surface area contributed by atoms with Gasteiger partial charge in [-0.25, -0.2) is 0 Å². The number of hydrogen-bond donors (Lipinski definition) is 0. The molecule has 0 spiro atoms. The third-order valence-corrected chi connectivity index (χ3v) is 4.62. The Morgan fingerprint density at radius 1 is 0.958 bits per heavy atom. The number of piperazine rings is 1. The molecule has 1 saturated heterocycles. The van der Waals surface area contributed by atoms with Gasteiger partial charge in [0.25, 0.3) is 5.91 Å². The van der Waals surface area contributed by atoms with Gasteiger partial charge in [-0.3, -0.25) is 9.69 Å².